The SMILES string of the molecule is [B]NC(=O)CCN(CCC(=O)N[B])C(=O)OCI. The Morgan fingerprint density at radius 2 is 1.50 bits per heavy atom. The highest BCUT2D eigenvalue weighted by atomic mass is 127. The van der Waals surface area contributed by atoms with Gasteiger partial charge in [-0.2, -0.15) is 0 Å². The summed E-state index contributed by atoms with van der Waals surface area (Å²) in [6.45, 7) is 0.215. The number of rotatable bonds is 7. The summed E-state index contributed by atoms with van der Waals surface area (Å²) in [5, 5.41) is 3.90. The van der Waals surface area contributed by atoms with Gasteiger partial charge in [-0.15, -0.1) is 0 Å². The number of hydrogen-bond donors (Lipinski definition) is 2. The lowest BCUT2D eigenvalue weighted by Gasteiger charge is -2.20. The molecule has 18 heavy (non-hydrogen) atoms. The lowest BCUT2D eigenvalue weighted by molar-refractivity contribution is -0.119. The minimum atomic E-state index is -0.598. The average Bonchev–Trinajstić information content (AvgIpc) is 2.37. The van der Waals surface area contributed by atoms with E-state index in [-0.39, 0.29) is 30.5 Å². The maximum absolute atomic E-state index is 11.5. The summed E-state index contributed by atoms with van der Waals surface area (Å²) < 4.78 is 4.96. The Morgan fingerprint density at radius 3 is 1.83 bits per heavy atom. The molecule has 0 saturated heterocycles. The van der Waals surface area contributed by atoms with E-state index in [4.69, 9.17) is 20.7 Å². The Kier molecular flexibility index (Phi) is 9.52. The third kappa shape index (κ3) is 7.41. The molecule has 0 rings (SSSR count). The van der Waals surface area contributed by atoms with Crippen LogP contribution in [0.3, 0.4) is 0 Å². The molecule has 2 N–H and O–H groups in total. The number of halogens is 1. The van der Waals surface area contributed by atoms with E-state index in [1.165, 1.54) is 4.90 Å². The molecule has 0 aromatic heterocycles. The van der Waals surface area contributed by atoms with Crippen LogP contribution >= 0.6 is 22.6 Å². The third-order valence-electron chi connectivity index (χ3n) is 1.98. The molecular formula is C8H12B2IN3O4. The number of carbonyl (C=O) groups is 3. The quantitative estimate of drug-likeness (QED) is 0.345. The first kappa shape index (κ1) is 17.1. The highest BCUT2D eigenvalue weighted by Crippen LogP contribution is 2.00. The summed E-state index contributed by atoms with van der Waals surface area (Å²) >= 11 is 1.87. The van der Waals surface area contributed by atoms with E-state index in [0.29, 0.717) is 0 Å². The number of alkyl halides is 1. The molecular weight excluding hydrogens is 351 g/mol. The summed E-state index contributed by atoms with van der Waals surface area (Å²) in [4.78, 5) is 34.7. The lowest BCUT2D eigenvalue weighted by atomic mass is 10.3. The molecule has 3 amide bonds. The van der Waals surface area contributed by atoms with Crippen LogP contribution in [0.4, 0.5) is 4.79 Å². The number of carbonyl (C=O) groups excluding carboxylic acids is 3. The van der Waals surface area contributed by atoms with E-state index in [1.54, 1.807) is 0 Å². The smallest absolute Gasteiger partial charge is 0.410 e. The van der Waals surface area contributed by atoms with Crippen LogP contribution in [-0.4, -0.2) is 56.5 Å². The molecule has 0 atom stereocenters. The molecule has 0 aromatic carbocycles. The van der Waals surface area contributed by atoms with Gasteiger partial charge in [-0.1, -0.05) is 0 Å². The molecule has 96 valence electrons. The molecule has 0 bridgehead atoms. The Labute approximate surface area is 121 Å². The first-order valence-corrected chi connectivity index (χ1v) is 6.54. The van der Waals surface area contributed by atoms with Crippen molar-refractivity contribution in [2.24, 2.45) is 0 Å². The predicted octanol–water partition coefficient (Wildman–Crippen LogP) is -1.00. The van der Waals surface area contributed by atoms with Crippen LogP contribution in [-0.2, 0) is 14.3 Å². The first-order chi connectivity index (χ1) is 8.54. The second kappa shape index (κ2) is 10.0. The van der Waals surface area contributed by atoms with Crippen molar-refractivity contribution < 1.29 is 19.1 Å². The minimum absolute atomic E-state index is 0.0249. The van der Waals surface area contributed by atoms with E-state index < -0.39 is 17.9 Å². The topological polar surface area (TPSA) is 87.7 Å². The molecule has 0 saturated carbocycles. The summed E-state index contributed by atoms with van der Waals surface area (Å²) in [7, 11) is 9.84. The number of nitrogens with zero attached hydrogens (tertiary/aromatic N) is 1. The Morgan fingerprint density at radius 1 is 1.06 bits per heavy atom. The van der Waals surface area contributed by atoms with Crippen LogP contribution in [0.5, 0.6) is 0 Å². The van der Waals surface area contributed by atoms with E-state index in [1.807, 2.05) is 33.0 Å². The maximum atomic E-state index is 11.5. The first-order valence-electron chi connectivity index (χ1n) is 5.01. The fourth-order valence-electron chi connectivity index (χ4n) is 1.05. The molecule has 10 heteroatoms. The molecule has 0 unspecified atom stereocenters. The molecule has 0 spiro atoms. The van der Waals surface area contributed by atoms with Crippen LogP contribution < -0.4 is 10.5 Å². The van der Waals surface area contributed by atoms with Gasteiger partial charge in [0.1, 0.15) is 4.61 Å². The monoisotopic (exact) mass is 363 g/mol. The maximum Gasteiger partial charge on any atom is 0.410 e. The summed E-state index contributed by atoms with van der Waals surface area (Å²) in [6.07, 6.45) is -0.548. The van der Waals surface area contributed by atoms with Gasteiger partial charge >= 0.3 is 6.09 Å². The van der Waals surface area contributed by atoms with Crippen molar-refractivity contribution in [2.75, 3.05) is 17.7 Å². The zero-order valence-electron chi connectivity index (χ0n) is 9.65. The molecule has 0 aliphatic rings. The number of ether oxygens (including phenoxy) is 1. The van der Waals surface area contributed by atoms with Gasteiger partial charge in [-0.25, -0.2) is 4.79 Å². The van der Waals surface area contributed by atoms with Crippen molar-refractivity contribution in [1.82, 2.24) is 15.4 Å². The van der Waals surface area contributed by atoms with Gasteiger partial charge in [-0.3, -0.25) is 9.59 Å². The molecule has 0 heterocycles. The number of nitrogens with one attached hydrogen (secondary N) is 2. The second-order valence-electron chi connectivity index (χ2n) is 3.14. The largest absolute Gasteiger partial charge is 0.439 e. The third-order valence-corrected chi connectivity index (χ3v) is 2.29. The van der Waals surface area contributed by atoms with Crippen LogP contribution in [0, 0.1) is 0 Å². The van der Waals surface area contributed by atoms with Crippen LogP contribution in [0.2, 0.25) is 0 Å². The molecule has 7 nitrogen and oxygen atoms in total. The fourth-order valence-corrected chi connectivity index (χ4v) is 1.32. The van der Waals surface area contributed by atoms with Crippen LogP contribution in [0.15, 0.2) is 0 Å². The zero-order chi connectivity index (χ0) is 14.0. The van der Waals surface area contributed by atoms with Crippen LogP contribution in [0.25, 0.3) is 0 Å². The van der Waals surface area contributed by atoms with E-state index in [9.17, 15) is 14.4 Å². The van der Waals surface area contributed by atoms with Crippen molar-refractivity contribution >= 4 is 56.5 Å². The molecule has 0 fully saturated rings. The summed E-state index contributed by atoms with van der Waals surface area (Å²) in [5.41, 5.74) is 0. The minimum Gasteiger partial charge on any atom is -0.439 e. The zero-order valence-corrected chi connectivity index (χ0v) is 11.8. The highest BCUT2D eigenvalue weighted by molar-refractivity contribution is 14.1. The number of amides is 3. The van der Waals surface area contributed by atoms with E-state index >= 15 is 0 Å². The number of hydrogen-bond acceptors (Lipinski definition) is 4. The van der Waals surface area contributed by atoms with E-state index in [0.717, 1.165) is 0 Å². The Balaban J connectivity index is 4.28. The Bertz CT molecular complexity index is 286. The van der Waals surface area contributed by atoms with Gasteiger partial charge in [-0.05, 0) is 22.6 Å². The second-order valence-corrected chi connectivity index (χ2v) is 3.76. The van der Waals surface area contributed by atoms with Gasteiger partial charge in [0.15, 0.2) is 0 Å². The summed E-state index contributed by atoms with van der Waals surface area (Å²) in [6, 6.07) is 0. The summed E-state index contributed by atoms with van der Waals surface area (Å²) in [5.74, 6) is -0.823. The van der Waals surface area contributed by atoms with Gasteiger partial charge < -0.3 is 20.1 Å². The van der Waals surface area contributed by atoms with Crippen molar-refractivity contribution in [3.63, 3.8) is 0 Å². The van der Waals surface area contributed by atoms with Crippen molar-refractivity contribution in [1.29, 1.82) is 0 Å². The fraction of sp³-hybridized carbons (Fsp3) is 0.625. The molecule has 0 aliphatic carbocycles. The van der Waals surface area contributed by atoms with E-state index in [2.05, 4.69) is 0 Å². The van der Waals surface area contributed by atoms with Gasteiger partial charge in [0.2, 0.25) is 27.8 Å². The van der Waals surface area contributed by atoms with Crippen molar-refractivity contribution in [3.8, 4) is 0 Å². The van der Waals surface area contributed by atoms with Crippen molar-refractivity contribution in [3.05, 3.63) is 0 Å². The normalized spacial score (nSPS) is 9.39. The standard InChI is InChI=1S/C8H12B2IN3O4/c9-12-6(15)1-3-14(8(17)18-5-11)4-2-7(16)13-10/h1-5H2,(H,12,15)(H,13,16). The average molecular weight is 363 g/mol. The predicted molar refractivity (Wildman–Crippen MR) is 74.0 cm³/mol. The molecule has 4 radical (unpaired) electrons. The van der Waals surface area contributed by atoms with Gasteiger partial charge in [0.05, 0.1) is 0 Å². The Hall–Kier alpha value is -0.930. The molecule has 0 aromatic rings. The lowest BCUT2D eigenvalue weighted by Crippen LogP contribution is -2.37. The highest BCUT2D eigenvalue weighted by Gasteiger charge is 2.16. The molecule has 0 aliphatic heterocycles. The van der Waals surface area contributed by atoms with Crippen LogP contribution in [0.1, 0.15) is 12.8 Å². The van der Waals surface area contributed by atoms with Gasteiger partial charge in [0, 0.05) is 25.9 Å². The van der Waals surface area contributed by atoms with Gasteiger partial charge in [0.25, 0.3) is 0 Å². The van der Waals surface area contributed by atoms with Crippen molar-refractivity contribution in [2.45, 2.75) is 12.8 Å².